The van der Waals surface area contributed by atoms with Gasteiger partial charge in [0.15, 0.2) is 0 Å². The van der Waals surface area contributed by atoms with E-state index in [0.717, 1.165) is 79.2 Å². The van der Waals surface area contributed by atoms with Crippen molar-refractivity contribution in [2.45, 2.75) is 53.5 Å². The summed E-state index contributed by atoms with van der Waals surface area (Å²) in [6, 6.07) is 7.99. The average Bonchev–Trinajstić information content (AvgIpc) is 3.67. The van der Waals surface area contributed by atoms with Crippen molar-refractivity contribution >= 4 is 22.8 Å². The highest BCUT2D eigenvalue weighted by Gasteiger charge is 2.24. The van der Waals surface area contributed by atoms with E-state index in [9.17, 15) is 9.59 Å². The number of aryl methyl sites for hydroxylation is 1. The molecule has 6 rings (SSSR count). The molecule has 43 heavy (non-hydrogen) atoms. The minimum Gasteiger partial charge on any atom is -0.496 e. The lowest BCUT2D eigenvalue weighted by Crippen LogP contribution is -2.30. The number of carbonyl (C=O) groups excluding carboxylic acids is 1. The summed E-state index contributed by atoms with van der Waals surface area (Å²) in [6.45, 7) is 12.3. The fourth-order valence-electron chi connectivity index (χ4n) is 6.70. The first-order chi connectivity index (χ1) is 20.8. The standard InChI is InChI=1S/C34H40N6O3/c1-6-39-14-9-23(10-15-39)21(3)31-22(4)27(33(41)37-19-28-30(43-5)17-20(2)38-34(28)42)18-29-25(11-16-40(29)31)24-7-12-35-32-26(24)8-13-36-32/h7,11-12,16-18H,6,8-10,13-15,19H2,1-5H3,(H,35,36)(H,37,41)(H,38,42). The molecule has 2 aliphatic rings. The largest absolute Gasteiger partial charge is 0.496 e. The number of anilines is 1. The van der Waals surface area contributed by atoms with E-state index in [1.807, 2.05) is 19.2 Å². The number of nitrogens with zero attached hydrogens (tertiary/aromatic N) is 3. The van der Waals surface area contributed by atoms with Crippen LogP contribution in [-0.2, 0) is 13.0 Å². The molecule has 4 aromatic heterocycles. The maximum absolute atomic E-state index is 13.9. The molecule has 3 N–H and O–H groups in total. The molecule has 0 radical (unpaired) electrons. The lowest BCUT2D eigenvalue weighted by atomic mass is 9.92. The van der Waals surface area contributed by atoms with Gasteiger partial charge in [-0.1, -0.05) is 12.5 Å². The lowest BCUT2D eigenvalue weighted by molar-refractivity contribution is 0.0950. The molecule has 0 spiro atoms. The fourth-order valence-corrected chi connectivity index (χ4v) is 6.70. The number of aromatic nitrogens is 3. The van der Waals surface area contributed by atoms with Crippen molar-refractivity contribution in [3.05, 3.63) is 86.2 Å². The van der Waals surface area contributed by atoms with Crippen molar-refractivity contribution < 1.29 is 9.53 Å². The highest BCUT2D eigenvalue weighted by atomic mass is 16.5. The van der Waals surface area contributed by atoms with E-state index in [0.29, 0.717) is 22.6 Å². The number of H-pyrrole nitrogens is 1. The molecule has 0 bridgehead atoms. The number of amides is 1. The van der Waals surface area contributed by atoms with Crippen LogP contribution in [0.3, 0.4) is 0 Å². The zero-order valence-corrected chi connectivity index (χ0v) is 25.7. The predicted molar refractivity (Wildman–Crippen MR) is 171 cm³/mol. The van der Waals surface area contributed by atoms with Crippen LogP contribution in [0.25, 0.3) is 22.2 Å². The summed E-state index contributed by atoms with van der Waals surface area (Å²) < 4.78 is 7.71. The molecule has 2 aliphatic heterocycles. The first-order valence-electron chi connectivity index (χ1n) is 15.1. The number of carbonyl (C=O) groups is 1. The van der Waals surface area contributed by atoms with Gasteiger partial charge in [-0.25, -0.2) is 4.98 Å². The third kappa shape index (κ3) is 5.22. The number of hydrogen-bond donors (Lipinski definition) is 3. The molecule has 9 heteroatoms. The van der Waals surface area contributed by atoms with Gasteiger partial charge in [-0.2, -0.15) is 0 Å². The Bertz CT molecular complexity index is 1810. The van der Waals surface area contributed by atoms with Crippen LogP contribution >= 0.6 is 0 Å². The summed E-state index contributed by atoms with van der Waals surface area (Å²) in [5, 5.41) is 6.41. The van der Waals surface area contributed by atoms with E-state index in [1.165, 1.54) is 23.8 Å². The van der Waals surface area contributed by atoms with E-state index >= 15 is 0 Å². The Labute approximate surface area is 252 Å². The summed E-state index contributed by atoms with van der Waals surface area (Å²) >= 11 is 0. The molecule has 6 heterocycles. The molecule has 224 valence electrons. The van der Waals surface area contributed by atoms with Crippen LogP contribution in [0.1, 0.15) is 65.1 Å². The highest BCUT2D eigenvalue weighted by molar-refractivity contribution is 6.00. The Morgan fingerprint density at radius 3 is 2.65 bits per heavy atom. The summed E-state index contributed by atoms with van der Waals surface area (Å²) in [4.78, 5) is 36.5. The summed E-state index contributed by atoms with van der Waals surface area (Å²) in [7, 11) is 1.53. The van der Waals surface area contributed by atoms with E-state index in [4.69, 9.17) is 4.74 Å². The van der Waals surface area contributed by atoms with Gasteiger partial charge in [-0.05, 0) is 87.5 Å². The molecule has 0 saturated carbocycles. The van der Waals surface area contributed by atoms with Crippen molar-refractivity contribution in [3.63, 3.8) is 0 Å². The number of fused-ring (bicyclic) bond motifs is 2. The SMILES string of the molecule is CCN1CCC(=C(C)c2c(C)c(C(=O)NCc3c(OC)cc(C)[nH]c3=O)cc3c(-c4ccnc5c4CCN5)ccn23)CC1. The minimum absolute atomic E-state index is 0.0574. The van der Waals surface area contributed by atoms with Crippen molar-refractivity contribution in [1.29, 1.82) is 0 Å². The molecule has 1 saturated heterocycles. The molecule has 0 aliphatic carbocycles. The Kier molecular flexibility index (Phi) is 7.83. The molecular formula is C34H40N6O3. The van der Waals surface area contributed by atoms with Gasteiger partial charge >= 0.3 is 0 Å². The summed E-state index contributed by atoms with van der Waals surface area (Å²) in [5.74, 6) is 1.17. The van der Waals surface area contributed by atoms with Crippen LogP contribution in [0.2, 0.25) is 0 Å². The third-order valence-corrected chi connectivity index (χ3v) is 9.13. The Morgan fingerprint density at radius 1 is 1.12 bits per heavy atom. The van der Waals surface area contributed by atoms with E-state index in [-0.39, 0.29) is 18.0 Å². The van der Waals surface area contributed by atoms with Crippen LogP contribution in [-0.4, -0.2) is 58.5 Å². The molecule has 4 aromatic rings. The van der Waals surface area contributed by atoms with Gasteiger partial charge in [0.25, 0.3) is 11.5 Å². The number of aromatic amines is 1. The third-order valence-electron chi connectivity index (χ3n) is 9.13. The van der Waals surface area contributed by atoms with Crippen LogP contribution in [0.4, 0.5) is 5.82 Å². The zero-order chi connectivity index (χ0) is 30.2. The molecular weight excluding hydrogens is 540 g/mol. The van der Waals surface area contributed by atoms with Gasteiger partial charge in [-0.3, -0.25) is 9.59 Å². The Balaban J connectivity index is 1.47. The van der Waals surface area contributed by atoms with Crippen molar-refractivity contribution in [2.24, 2.45) is 0 Å². The predicted octanol–water partition coefficient (Wildman–Crippen LogP) is 5.10. The van der Waals surface area contributed by atoms with Gasteiger partial charge in [0.1, 0.15) is 11.6 Å². The number of hydrogen-bond acceptors (Lipinski definition) is 6. The quantitative estimate of drug-likeness (QED) is 0.281. The molecule has 0 unspecified atom stereocenters. The molecule has 1 amide bonds. The van der Waals surface area contributed by atoms with Gasteiger partial charge in [0, 0.05) is 54.4 Å². The topological polar surface area (TPSA) is 104 Å². The van der Waals surface area contributed by atoms with E-state index in [2.05, 4.69) is 62.1 Å². The van der Waals surface area contributed by atoms with Crippen LogP contribution in [0.15, 0.2) is 47.0 Å². The average molecular weight is 581 g/mol. The Morgan fingerprint density at radius 2 is 1.91 bits per heavy atom. The van der Waals surface area contributed by atoms with Crippen LogP contribution in [0, 0.1) is 13.8 Å². The van der Waals surface area contributed by atoms with Crippen molar-refractivity contribution in [1.82, 2.24) is 24.6 Å². The second kappa shape index (κ2) is 11.7. The number of rotatable bonds is 7. The lowest BCUT2D eigenvalue weighted by Gasteiger charge is -2.29. The second-order valence-electron chi connectivity index (χ2n) is 11.6. The second-order valence-corrected chi connectivity index (χ2v) is 11.6. The molecule has 0 atom stereocenters. The number of nitrogens with one attached hydrogen (secondary N) is 3. The number of likely N-dealkylation sites (tertiary alicyclic amines) is 1. The minimum atomic E-state index is -0.266. The number of pyridine rings is 3. The van der Waals surface area contributed by atoms with E-state index in [1.54, 1.807) is 13.0 Å². The van der Waals surface area contributed by atoms with Gasteiger partial charge in [0.05, 0.1) is 30.4 Å². The maximum atomic E-state index is 13.9. The number of piperidine rings is 1. The fraction of sp³-hybridized carbons (Fsp3) is 0.382. The summed E-state index contributed by atoms with van der Waals surface area (Å²) in [6.07, 6.45) is 6.92. The monoisotopic (exact) mass is 580 g/mol. The number of ether oxygens (including phenoxy) is 1. The van der Waals surface area contributed by atoms with Crippen molar-refractivity contribution in [2.75, 3.05) is 38.6 Å². The van der Waals surface area contributed by atoms with Gasteiger partial charge in [0.2, 0.25) is 0 Å². The number of allylic oxidation sites excluding steroid dienone is 1. The van der Waals surface area contributed by atoms with Crippen LogP contribution < -0.4 is 20.9 Å². The maximum Gasteiger partial charge on any atom is 0.256 e. The van der Waals surface area contributed by atoms with E-state index < -0.39 is 0 Å². The summed E-state index contributed by atoms with van der Waals surface area (Å²) in [5.41, 5.74) is 10.5. The smallest absolute Gasteiger partial charge is 0.256 e. The highest BCUT2D eigenvalue weighted by Crippen LogP contribution is 2.38. The first-order valence-corrected chi connectivity index (χ1v) is 15.1. The normalized spacial score (nSPS) is 15.0. The van der Waals surface area contributed by atoms with Crippen molar-refractivity contribution in [3.8, 4) is 16.9 Å². The van der Waals surface area contributed by atoms with Gasteiger partial charge < -0.3 is 29.7 Å². The van der Waals surface area contributed by atoms with Crippen LogP contribution in [0.5, 0.6) is 5.75 Å². The number of methoxy groups -OCH3 is 1. The van der Waals surface area contributed by atoms with Gasteiger partial charge in [-0.15, -0.1) is 0 Å². The molecule has 1 fully saturated rings. The molecule has 0 aromatic carbocycles. The Hall–Kier alpha value is -4.37. The molecule has 9 nitrogen and oxygen atoms in total. The zero-order valence-electron chi connectivity index (χ0n) is 25.7. The first kappa shape index (κ1) is 28.7.